The molecule has 1 fully saturated rings. The van der Waals surface area contributed by atoms with Gasteiger partial charge in [0.15, 0.2) is 0 Å². The minimum Gasteiger partial charge on any atom is -0.376 e. The maximum Gasteiger partial charge on any atom is 0.237 e. The summed E-state index contributed by atoms with van der Waals surface area (Å²) >= 11 is 0. The van der Waals surface area contributed by atoms with Gasteiger partial charge in [-0.2, -0.15) is 0 Å². The lowest BCUT2D eigenvalue weighted by Gasteiger charge is -2.40. The van der Waals surface area contributed by atoms with Crippen molar-refractivity contribution in [3.05, 3.63) is 0 Å². The molecule has 0 bridgehead atoms. The second-order valence-electron chi connectivity index (χ2n) is 3.97. The topological polar surface area (TPSA) is 64.4 Å². The van der Waals surface area contributed by atoms with Gasteiger partial charge in [-0.3, -0.25) is 4.79 Å². The van der Waals surface area contributed by atoms with Crippen LogP contribution in [0.2, 0.25) is 0 Å². The number of methoxy groups -OCH3 is 1. The SMILES string of the molecule is CCC(N)C(=O)NCC1(OC)CCC1. The first-order valence-corrected chi connectivity index (χ1v) is 5.22. The first kappa shape index (κ1) is 11.5. The van der Waals surface area contributed by atoms with E-state index in [0.29, 0.717) is 13.0 Å². The van der Waals surface area contributed by atoms with E-state index in [-0.39, 0.29) is 17.6 Å². The lowest BCUT2D eigenvalue weighted by molar-refractivity contribution is -0.126. The Hall–Kier alpha value is -0.610. The van der Waals surface area contributed by atoms with Crippen LogP contribution >= 0.6 is 0 Å². The molecule has 1 unspecified atom stereocenters. The van der Waals surface area contributed by atoms with E-state index in [0.717, 1.165) is 12.8 Å². The average molecular weight is 200 g/mol. The molecule has 1 atom stereocenters. The third-order valence-corrected chi connectivity index (χ3v) is 3.06. The Kier molecular flexibility index (Phi) is 3.89. The zero-order chi connectivity index (χ0) is 10.6. The van der Waals surface area contributed by atoms with E-state index in [1.54, 1.807) is 7.11 Å². The fraction of sp³-hybridized carbons (Fsp3) is 0.900. The molecule has 1 amide bonds. The lowest BCUT2D eigenvalue weighted by atomic mass is 9.80. The van der Waals surface area contributed by atoms with Crippen molar-refractivity contribution in [2.45, 2.75) is 44.2 Å². The number of hydrogen-bond acceptors (Lipinski definition) is 3. The Labute approximate surface area is 85.2 Å². The van der Waals surface area contributed by atoms with Crippen LogP contribution in [0.25, 0.3) is 0 Å². The Morgan fingerprint density at radius 1 is 1.64 bits per heavy atom. The number of rotatable bonds is 5. The van der Waals surface area contributed by atoms with Gasteiger partial charge in [0.25, 0.3) is 0 Å². The van der Waals surface area contributed by atoms with Crippen molar-refractivity contribution < 1.29 is 9.53 Å². The fourth-order valence-electron chi connectivity index (χ4n) is 1.59. The Balaban J connectivity index is 2.28. The van der Waals surface area contributed by atoms with Crippen LogP contribution in [0.15, 0.2) is 0 Å². The van der Waals surface area contributed by atoms with Crippen LogP contribution in [0.3, 0.4) is 0 Å². The molecule has 82 valence electrons. The average Bonchev–Trinajstić information content (AvgIpc) is 2.15. The van der Waals surface area contributed by atoms with Gasteiger partial charge >= 0.3 is 0 Å². The molecule has 0 aromatic heterocycles. The third kappa shape index (κ3) is 2.45. The predicted octanol–water partition coefficient (Wildman–Crippen LogP) is 0.409. The quantitative estimate of drug-likeness (QED) is 0.675. The van der Waals surface area contributed by atoms with Gasteiger partial charge in [-0.1, -0.05) is 6.92 Å². The highest BCUT2D eigenvalue weighted by molar-refractivity contribution is 5.81. The molecule has 4 heteroatoms. The minimum atomic E-state index is -0.385. The smallest absolute Gasteiger partial charge is 0.237 e. The molecule has 1 aliphatic carbocycles. The second-order valence-corrected chi connectivity index (χ2v) is 3.97. The summed E-state index contributed by atoms with van der Waals surface area (Å²) in [5, 5.41) is 2.84. The molecule has 1 rings (SSSR count). The van der Waals surface area contributed by atoms with Crippen LogP contribution in [0.1, 0.15) is 32.6 Å². The number of carbonyl (C=O) groups is 1. The number of amides is 1. The van der Waals surface area contributed by atoms with Crippen molar-refractivity contribution >= 4 is 5.91 Å². The Morgan fingerprint density at radius 3 is 2.64 bits per heavy atom. The van der Waals surface area contributed by atoms with Gasteiger partial charge in [0.05, 0.1) is 11.6 Å². The molecule has 0 aromatic rings. The summed E-state index contributed by atoms with van der Waals surface area (Å²) in [5.41, 5.74) is 5.49. The molecule has 0 aromatic carbocycles. The van der Waals surface area contributed by atoms with Crippen LogP contribution in [0, 0.1) is 0 Å². The molecule has 0 radical (unpaired) electrons. The van der Waals surface area contributed by atoms with E-state index in [9.17, 15) is 4.79 Å². The standard InChI is InChI=1S/C10H20N2O2/c1-3-8(11)9(13)12-7-10(14-2)5-4-6-10/h8H,3-7,11H2,1-2H3,(H,12,13). The predicted molar refractivity (Wildman–Crippen MR) is 54.9 cm³/mol. The second kappa shape index (κ2) is 4.75. The summed E-state index contributed by atoms with van der Waals surface area (Å²) in [4.78, 5) is 11.4. The molecule has 4 nitrogen and oxygen atoms in total. The maximum absolute atomic E-state index is 11.4. The van der Waals surface area contributed by atoms with Gasteiger partial charge in [0, 0.05) is 13.7 Å². The van der Waals surface area contributed by atoms with Crippen molar-refractivity contribution in [2.75, 3.05) is 13.7 Å². The van der Waals surface area contributed by atoms with Gasteiger partial charge in [0.2, 0.25) is 5.91 Å². The van der Waals surface area contributed by atoms with Crippen LogP contribution in [0.5, 0.6) is 0 Å². The molecule has 0 heterocycles. The normalized spacial score (nSPS) is 21.1. The number of hydrogen-bond donors (Lipinski definition) is 2. The van der Waals surface area contributed by atoms with Crippen molar-refractivity contribution in [1.82, 2.24) is 5.32 Å². The van der Waals surface area contributed by atoms with Gasteiger partial charge in [0.1, 0.15) is 0 Å². The maximum atomic E-state index is 11.4. The van der Waals surface area contributed by atoms with E-state index in [2.05, 4.69) is 5.32 Å². The zero-order valence-electron chi connectivity index (χ0n) is 9.01. The number of nitrogens with one attached hydrogen (secondary N) is 1. The van der Waals surface area contributed by atoms with Crippen molar-refractivity contribution in [3.63, 3.8) is 0 Å². The van der Waals surface area contributed by atoms with Gasteiger partial charge in [-0.25, -0.2) is 0 Å². The van der Waals surface area contributed by atoms with E-state index in [4.69, 9.17) is 10.5 Å². The van der Waals surface area contributed by atoms with Crippen molar-refractivity contribution in [2.24, 2.45) is 5.73 Å². The summed E-state index contributed by atoms with van der Waals surface area (Å²) in [6.07, 6.45) is 3.92. The van der Waals surface area contributed by atoms with Gasteiger partial charge in [-0.15, -0.1) is 0 Å². The minimum absolute atomic E-state index is 0.0733. The molecule has 14 heavy (non-hydrogen) atoms. The van der Waals surface area contributed by atoms with Crippen molar-refractivity contribution in [1.29, 1.82) is 0 Å². The summed E-state index contributed by atoms with van der Waals surface area (Å²) < 4.78 is 5.38. The molecule has 1 aliphatic rings. The Morgan fingerprint density at radius 2 is 2.29 bits per heavy atom. The molecular formula is C10H20N2O2. The van der Waals surface area contributed by atoms with Crippen molar-refractivity contribution in [3.8, 4) is 0 Å². The van der Waals surface area contributed by atoms with Crippen LogP contribution in [-0.4, -0.2) is 31.2 Å². The molecule has 1 saturated carbocycles. The number of ether oxygens (including phenoxy) is 1. The van der Waals surface area contributed by atoms with E-state index in [1.165, 1.54) is 6.42 Å². The number of carbonyl (C=O) groups excluding carboxylic acids is 1. The molecule has 0 aliphatic heterocycles. The van der Waals surface area contributed by atoms with Gasteiger partial charge < -0.3 is 15.8 Å². The highest BCUT2D eigenvalue weighted by atomic mass is 16.5. The summed E-state index contributed by atoms with van der Waals surface area (Å²) in [7, 11) is 1.70. The largest absolute Gasteiger partial charge is 0.376 e. The molecule has 0 spiro atoms. The lowest BCUT2D eigenvalue weighted by Crippen LogP contribution is -2.52. The summed E-state index contributed by atoms with van der Waals surface area (Å²) in [5.74, 6) is -0.0733. The van der Waals surface area contributed by atoms with E-state index < -0.39 is 0 Å². The van der Waals surface area contributed by atoms with E-state index >= 15 is 0 Å². The number of nitrogens with two attached hydrogens (primary N) is 1. The molecular weight excluding hydrogens is 180 g/mol. The van der Waals surface area contributed by atoms with Gasteiger partial charge in [-0.05, 0) is 25.7 Å². The van der Waals surface area contributed by atoms with E-state index in [1.807, 2.05) is 6.92 Å². The summed E-state index contributed by atoms with van der Waals surface area (Å²) in [6.45, 7) is 2.50. The monoisotopic (exact) mass is 200 g/mol. The first-order valence-electron chi connectivity index (χ1n) is 5.22. The summed E-state index contributed by atoms with van der Waals surface area (Å²) in [6, 6.07) is -0.385. The van der Waals surface area contributed by atoms with Crippen LogP contribution < -0.4 is 11.1 Å². The highest BCUT2D eigenvalue weighted by Crippen LogP contribution is 2.34. The van der Waals surface area contributed by atoms with Crippen LogP contribution in [-0.2, 0) is 9.53 Å². The third-order valence-electron chi connectivity index (χ3n) is 3.06. The molecule has 3 N–H and O–H groups in total. The zero-order valence-corrected chi connectivity index (χ0v) is 9.01. The van der Waals surface area contributed by atoms with Crippen LogP contribution in [0.4, 0.5) is 0 Å². The molecule has 0 saturated heterocycles. The fourth-order valence-corrected chi connectivity index (χ4v) is 1.59. The first-order chi connectivity index (χ1) is 6.63. The Bertz CT molecular complexity index is 197. The highest BCUT2D eigenvalue weighted by Gasteiger charge is 2.37.